The molecule has 19 heavy (non-hydrogen) atoms. The molecule has 0 unspecified atom stereocenters. The van der Waals surface area contributed by atoms with Gasteiger partial charge in [-0.2, -0.15) is 0 Å². The van der Waals surface area contributed by atoms with Crippen molar-refractivity contribution in [3.63, 3.8) is 0 Å². The number of hydrogen-bond donors (Lipinski definition) is 1. The van der Waals surface area contributed by atoms with Gasteiger partial charge in [-0.15, -0.1) is 0 Å². The van der Waals surface area contributed by atoms with Crippen molar-refractivity contribution in [1.29, 1.82) is 0 Å². The van der Waals surface area contributed by atoms with Crippen molar-refractivity contribution >= 4 is 11.2 Å². The second kappa shape index (κ2) is 4.90. The third-order valence-corrected chi connectivity index (χ3v) is 3.78. The van der Waals surface area contributed by atoms with Crippen LogP contribution >= 0.6 is 0 Å². The standard InChI is InChI=1S/C14H20N4O/c1-2-8-18-12-11(4-3-7-16-12)17-13(18)14(15)5-9-19-10-6-14/h3-4,7H,2,5-6,8-10,15H2,1H3. The molecule has 0 aromatic carbocycles. The van der Waals surface area contributed by atoms with Gasteiger partial charge in [-0.3, -0.25) is 0 Å². The highest BCUT2D eigenvalue weighted by Gasteiger charge is 2.35. The van der Waals surface area contributed by atoms with Gasteiger partial charge in [0.15, 0.2) is 5.65 Å². The summed E-state index contributed by atoms with van der Waals surface area (Å²) in [5.74, 6) is 0.964. The van der Waals surface area contributed by atoms with E-state index < -0.39 is 0 Å². The van der Waals surface area contributed by atoms with Crippen LogP contribution < -0.4 is 5.73 Å². The van der Waals surface area contributed by atoms with Gasteiger partial charge in [0.1, 0.15) is 11.3 Å². The molecule has 2 aromatic heterocycles. The lowest BCUT2D eigenvalue weighted by Gasteiger charge is -2.33. The highest BCUT2D eigenvalue weighted by molar-refractivity contribution is 5.71. The van der Waals surface area contributed by atoms with Gasteiger partial charge in [0, 0.05) is 26.0 Å². The largest absolute Gasteiger partial charge is 0.381 e. The quantitative estimate of drug-likeness (QED) is 0.914. The van der Waals surface area contributed by atoms with E-state index in [0.29, 0.717) is 13.2 Å². The number of nitrogens with zero attached hydrogens (tertiary/aromatic N) is 3. The van der Waals surface area contributed by atoms with Crippen LogP contribution in [0.4, 0.5) is 0 Å². The number of pyridine rings is 1. The molecule has 0 atom stereocenters. The fraction of sp³-hybridized carbons (Fsp3) is 0.571. The normalized spacial score (nSPS) is 18.8. The van der Waals surface area contributed by atoms with E-state index in [-0.39, 0.29) is 5.54 Å². The van der Waals surface area contributed by atoms with Gasteiger partial charge in [-0.05, 0) is 31.4 Å². The van der Waals surface area contributed by atoms with Crippen LogP contribution in [0.2, 0.25) is 0 Å². The zero-order chi connectivity index (χ0) is 13.3. The number of aromatic nitrogens is 3. The van der Waals surface area contributed by atoms with Crippen molar-refractivity contribution in [2.45, 2.75) is 38.3 Å². The Labute approximate surface area is 112 Å². The van der Waals surface area contributed by atoms with Gasteiger partial charge < -0.3 is 15.0 Å². The Balaban J connectivity index is 2.13. The lowest BCUT2D eigenvalue weighted by Crippen LogP contribution is -2.44. The third-order valence-electron chi connectivity index (χ3n) is 3.78. The minimum atomic E-state index is -0.381. The van der Waals surface area contributed by atoms with Crippen molar-refractivity contribution in [1.82, 2.24) is 14.5 Å². The van der Waals surface area contributed by atoms with E-state index in [9.17, 15) is 0 Å². The molecule has 1 aliphatic heterocycles. The topological polar surface area (TPSA) is 66.0 Å². The van der Waals surface area contributed by atoms with Crippen LogP contribution in [0.5, 0.6) is 0 Å². The predicted molar refractivity (Wildman–Crippen MR) is 73.7 cm³/mol. The smallest absolute Gasteiger partial charge is 0.160 e. The Morgan fingerprint density at radius 1 is 1.42 bits per heavy atom. The molecule has 5 nitrogen and oxygen atoms in total. The number of fused-ring (bicyclic) bond motifs is 1. The Morgan fingerprint density at radius 2 is 2.21 bits per heavy atom. The number of nitrogens with two attached hydrogens (primary N) is 1. The Hall–Kier alpha value is -1.46. The van der Waals surface area contributed by atoms with Crippen LogP contribution in [-0.4, -0.2) is 27.7 Å². The maximum absolute atomic E-state index is 6.58. The first-order valence-corrected chi connectivity index (χ1v) is 6.93. The second-order valence-electron chi connectivity index (χ2n) is 5.20. The molecule has 2 aromatic rings. The Bertz CT molecular complexity index is 572. The fourth-order valence-corrected chi connectivity index (χ4v) is 2.73. The summed E-state index contributed by atoms with van der Waals surface area (Å²) >= 11 is 0. The molecule has 0 aliphatic carbocycles. The summed E-state index contributed by atoms with van der Waals surface area (Å²) < 4.78 is 7.61. The summed E-state index contributed by atoms with van der Waals surface area (Å²) in [5.41, 5.74) is 8.08. The van der Waals surface area contributed by atoms with Crippen LogP contribution in [0.1, 0.15) is 32.0 Å². The van der Waals surface area contributed by atoms with Crippen LogP contribution in [0.3, 0.4) is 0 Å². The Morgan fingerprint density at radius 3 is 2.95 bits per heavy atom. The van der Waals surface area contributed by atoms with Crippen molar-refractivity contribution in [2.75, 3.05) is 13.2 Å². The van der Waals surface area contributed by atoms with E-state index >= 15 is 0 Å². The SMILES string of the molecule is CCCn1c(C2(N)CCOCC2)nc2cccnc21. The van der Waals surface area contributed by atoms with Crippen molar-refractivity contribution in [2.24, 2.45) is 5.73 Å². The first-order valence-electron chi connectivity index (χ1n) is 6.93. The van der Waals surface area contributed by atoms with Crippen LogP contribution in [0.25, 0.3) is 11.2 Å². The average molecular weight is 260 g/mol. The fourth-order valence-electron chi connectivity index (χ4n) is 2.73. The van der Waals surface area contributed by atoms with Gasteiger partial charge in [-0.1, -0.05) is 6.92 Å². The van der Waals surface area contributed by atoms with E-state index in [1.54, 1.807) is 0 Å². The third kappa shape index (κ3) is 2.13. The van der Waals surface area contributed by atoms with Gasteiger partial charge in [-0.25, -0.2) is 9.97 Å². The molecule has 0 bridgehead atoms. The number of imidazole rings is 1. The summed E-state index contributed by atoms with van der Waals surface area (Å²) in [6.07, 6.45) is 4.49. The first kappa shape index (κ1) is 12.6. The lowest BCUT2D eigenvalue weighted by atomic mass is 9.90. The summed E-state index contributed by atoms with van der Waals surface area (Å²) in [6.45, 7) is 4.48. The van der Waals surface area contributed by atoms with Gasteiger partial charge in [0.2, 0.25) is 0 Å². The van der Waals surface area contributed by atoms with E-state index in [2.05, 4.69) is 16.5 Å². The zero-order valence-corrected chi connectivity index (χ0v) is 11.3. The molecule has 3 rings (SSSR count). The second-order valence-corrected chi connectivity index (χ2v) is 5.20. The van der Waals surface area contributed by atoms with Crippen LogP contribution in [0, 0.1) is 0 Å². The van der Waals surface area contributed by atoms with E-state index in [4.69, 9.17) is 15.5 Å². The molecule has 0 radical (unpaired) electrons. The summed E-state index contributed by atoms with van der Waals surface area (Å²) in [5, 5.41) is 0. The molecule has 1 fully saturated rings. The number of hydrogen-bond acceptors (Lipinski definition) is 4. The van der Waals surface area contributed by atoms with Gasteiger partial charge >= 0.3 is 0 Å². The molecule has 0 amide bonds. The highest BCUT2D eigenvalue weighted by Crippen LogP contribution is 2.30. The molecular weight excluding hydrogens is 240 g/mol. The molecule has 1 saturated heterocycles. The number of aryl methyl sites for hydroxylation is 1. The summed E-state index contributed by atoms with van der Waals surface area (Å²) in [6, 6.07) is 3.92. The molecule has 102 valence electrons. The van der Waals surface area contributed by atoms with Crippen molar-refractivity contribution in [3.8, 4) is 0 Å². The zero-order valence-electron chi connectivity index (χ0n) is 11.3. The number of rotatable bonds is 3. The molecule has 5 heteroatoms. The average Bonchev–Trinajstić information content (AvgIpc) is 2.80. The lowest BCUT2D eigenvalue weighted by molar-refractivity contribution is 0.0480. The summed E-state index contributed by atoms with van der Waals surface area (Å²) in [7, 11) is 0. The van der Waals surface area contributed by atoms with Crippen LogP contribution in [0.15, 0.2) is 18.3 Å². The van der Waals surface area contributed by atoms with E-state index in [0.717, 1.165) is 42.8 Å². The predicted octanol–water partition coefficient (Wildman–Crippen LogP) is 1.81. The molecule has 1 aliphatic rings. The maximum atomic E-state index is 6.58. The van der Waals surface area contributed by atoms with Crippen molar-refractivity contribution in [3.05, 3.63) is 24.2 Å². The molecule has 3 heterocycles. The number of ether oxygens (including phenoxy) is 1. The highest BCUT2D eigenvalue weighted by atomic mass is 16.5. The van der Waals surface area contributed by atoms with Gasteiger partial charge in [0.05, 0.1) is 5.54 Å². The minimum absolute atomic E-state index is 0.381. The molecule has 2 N–H and O–H groups in total. The van der Waals surface area contributed by atoms with E-state index in [1.807, 2.05) is 18.3 Å². The van der Waals surface area contributed by atoms with Gasteiger partial charge in [0.25, 0.3) is 0 Å². The molecule has 0 saturated carbocycles. The van der Waals surface area contributed by atoms with E-state index in [1.165, 1.54) is 0 Å². The monoisotopic (exact) mass is 260 g/mol. The first-order chi connectivity index (χ1) is 9.24. The molecule has 0 spiro atoms. The minimum Gasteiger partial charge on any atom is -0.381 e. The maximum Gasteiger partial charge on any atom is 0.160 e. The molecular formula is C14H20N4O. The Kier molecular flexibility index (Phi) is 3.24. The van der Waals surface area contributed by atoms with Crippen molar-refractivity contribution < 1.29 is 4.74 Å². The summed E-state index contributed by atoms with van der Waals surface area (Å²) in [4.78, 5) is 9.21. The van der Waals surface area contributed by atoms with Crippen LogP contribution in [-0.2, 0) is 16.8 Å².